The maximum absolute atomic E-state index is 9.24. The third kappa shape index (κ3) is 1.85. The highest BCUT2D eigenvalue weighted by atomic mass is 32.1. The Labute approximate surface area is 89.2 Å². The molecule has 2 nitrogen and oxygen atoms in total. The van der Waals surface area contributed by atoms with Gasteiger partial charge in [0.05, 0.1) is 6.61 Å². The molecule has 1 aromatic heterocycles. The standard InChI is InChI=1S/C11H17NOS/c1-9(11-5-3-7-14-11)12-6-2-4-10(12)8-13/h3,5,7,9-10,13H,2,4,6,8H2,1H3/t9-,10+/m1/s1. The second-order valence-corrected chi connectivity index (χ2v) is 4.89. The van der Waals surface area contributed by atoms with Gasteiger partial charge in [0, 0.05) is 17.0 Å². The molecule has 0 saturated carbocycles. The first kappa shape index (κ1) is 10.1. The Morgan fingerprint density at radius 2 is 2.57 bits per heavy atom. The van der Waals surface area contributed by atoms with Crippen molar-refractivity contribution in [3.63, 3.8) is 0 Å². The van der Waals surface area contributed by atoms with Gasteiger partial charge in [-0.15, -0.1) is 11.3 Å². The fourth-order valence-corrected chi connectivity index (χ4v) is 3.06. The molecule has 1 fully saturated rings. The summed E-state index contributed by atoms with van der Waals surface area (Å²) in [6.45, 7) is 3.67. The van der Waals surface area contributed by atoms with Crippen LogP contribution >= 0.6 is 11.3 Å². The number of nitrogens with zero attached hydrogens (tertiary/aromatic N) is 1. The van der Waals surface area contributed by atoms with E-state index in [9.17, 15) is 5.11 Å². The van der Waals surface area contributed by atoms with Gasteiger partial charge in [-0.05, 0) is 37.8 Å². The number of aliphatic hydroxyl groups excluding tert-OH is 1. The summed E-state index contributed by atoms with van der Waals surface area (Å²) < 4.78 is 0. The minimum atomic E-state index is 0.301. The summed E-state index contributed by atoms with van der Waals surface area (Å²) in [6.07, 6.45) is 2.37. The Morgan fingerprint density at radius 3 is 3.21 bits per heavy atom. The van der Waals surface area contributed by atoms with Crippen molar-refractivity contribution in [3.8, 4) is 0 Å². The Hall–Kier alpha value is -0.380. The van der Waals surface area contributed by atoms with Gasteiger partial charge in [0.2, 0.25) is 0 Å². The molecule has 0 aromatic carbocycles. The maximum atomic E-state index is 9.24. The van der Waals surface area contributed by atoms with Gasteiger partial charge in [-0.3, -0.25) is 4.90 Å². The molecule has 78 valence electrons. The quantitative estimate of drug-likeness (QED) is 0.829. The van der Waals surface area contributed by atoms with Crippen LogP contribution < -0.4 is 0 Å². The van der Waals surface area contributed by atoms with Crippen molar-refractivity contribution in [2.24, 2.45) is 0 Å². The second kappa shape index (κ2) is 4.43. The first-order valence-corrected chi connectivity index (χ1v) is 6.11. The smallest absolute Gasteiger partial charge is 0.0587 e. The Balaban J connectivity index is 2.07. The van der Waals surface area contributed by atoms with Gasteiger partial charge in [-0.1, -0.05) is 6.07 Å². The molecule has 0 unspecified atom stereocenters. The Kier molecular flexibility index (Phi) is 3.21. The van der Waals surface area contributed by atoms with E-state index in [0.717, 1.165) is 13.0 Å². The van der Waals surface area contributed by atoms with Crippen molar-refractivity contribution in [1.82, 2.24) is 4.90 Å². The van der Waals surface area contributed by atoms with Crippen molar-refractivity contribution >= 4 is 11.3 Å². The van der Waals surface area contributed by atoms with E-state index in [4.69, 9.17) is 0 Å². The van der Waals surface area contributed by atoms with Crippen molar-refractivity contribution < 1.29 is 5.11 Å². The molecule has 1 saturated heterocycles. The number of hydrogen-bond acceptors (Lipinski definition) is 3. The lowest BCUT2D eigenvalue weighted by Crippen LogP contribution is -2.34. The third-order valence-electron chi connectivity index (χ3n) is 3.09. The molecule has 1 aromatic rings. The number of likely N-dealkylation sites (tertiary alicyclic amines) is 1. The lowest BCUT2D eigenvalue weighted by atomic mass is 10.2. The van der Waals surface area contributed by atoms with Crippen LogP contribution in [0.3, 0.4) is 0 Å². The second-order valence-electron chi connectivity index (χ2n) is 3.91. The molecule has 2 heterocycles. The van der Waals surface area contributed by atoms with E-state index in [-0.39, 0.29) is 0 Å². The molecule has 0 amide bonds. The van der Waals surface area contributed by atoms with Gasteiger partial charge in [-0.25, -0.2) is 0 Å². The topological polar surface area (TPSA) is 23.5 Å². The zero-order chi connectivity index (χ0) is 9.97. The molecule has 1 N–H and O–H groups in total. The lowest BCUT2D eigenvalue weighted by molar-refractivity contribution is 0.127. The Morgan fingerprint density at radius 1 is 1.71 bits per heavy atom. The first-order chi connectivity index (χ1) is 6.83. The molecule has 2 atom stereocenters. The van der Waals surface area contributed by atoms with Crippen molar-refractivity contribution in [1.29, 1.82) is 0 Å². The summed E-state index contributed by atoms with van der Waals surface area (Å²) in [5.41, 5.74) is 0. The van der Waals surface area contributed by atoms with Crippen LogP contribution in [0.5, 0.6) is 0 Å². The van der Waals surface area contributed by atoms with Crippen molar-refractivity contribution in [3.05, 3.63) is 22.4 Å². The molecular formula is C11H17NOS. The number of thiophene rings is 1. The van der Waals surface area contributed by atoms with Gasteiger partial charge in [0.25, 0.3) is 0 Å². The molecule has 2 rings (SSSR count). The number of rotatable bonds is 3. The zero-order valence-corrected chi connectivity index (χ0v) is 9.33. The fraction of sp³-hybridized carbons (Fsp3) is 0.636. The molecule has 0 radical (unpaired) electrons. The highest BCUT2D eigenvalue weighted by Crippen LogP contribution is 2.30. The van der Waals surface area contributed by atoms with Crippen LogP contribution in [0.2, 0.25) is 0 Å². The summed E-state index contributed by atoms with van der Waals surface area (Å²) in [6, 6.07) is 5.13. The van der Waals surface area contributed by atoms with Gasteiger partial charge in [0.1, 0.15) is 0 Å². The van der Waals surface area contributed by atoms with E-state index in [2.05, 4.69) is 29.3 Å². The van der Waals surface area contributed by atoms with Gasteiger partial charge in [-0.2, -0.15) is 0 Å². The van der Waals surface area contributed by atoms with Crippen LogP contribution in [-0.4, -0.2) is 29.2 Å². The maximum Gasteiger partial charge on any atom is 0.0587 e. The summed E-state index contributed by atoms with van der Waals surface area (Å²) in [5.74, 6) is 0. The average Bonchev–Trinajstić information content (AvgIpc) is 2.87. The van der Waals surface area contributed by atoms with Crippen LogP contribution in [0.25, 0.3) is 0 Å². The monoisotopic (exact) mass is 211 g/mol. The highest BCUT2D eigenvalue weighted by molar-refractivity contribution is 7.10. The number of hydrogen-bond donors (Lipinski definition) is 1. The van der Waals surface area contributed by atoms with E-state index < -0.39 is 0 Å². The summed E-state index contributed by atoms with van der Waals surface area (Å²) in [7, 11) is 0. The van der Waals surface area contributed by atoms with Crippen LogP contribution in [0.15, 0.2) is 17.5 Å². The summed E-state index contributed by atoms with van der Waals surface area (Å²) in [5, 5.41) is 11.4. The van der Waals surface area contributed by atoms with E-state index in [1.54, 1.807) is 0 Å². The van der Waals surface area contributed by atoms with E-state index in [0.29, 0.717) is 18.7 Å². The SMILES string of the molecule is C[C@H](c1cccs1)N1CCC[C@H]1CO. The summed E-state index contributed by atoms with van der Waals surface area (Å²) in [4.78, 5) is 3.83. The molecular weight excluding hydrogens is 194 g/mol. The molecule has 0 spiro atoms. The van der Waals surface area contributed by atoms with Crippen LogP contribution in [0.1, 0.15) is 30.7 Å². The molecule has 0 aliphatic carbocycles. The zero-order valence-electron chi connectivity index (χ0n) is 8.52. The average molecular weight is 211 g/mol. The highest BCUT2D eigenvalue weighted by Gasteiger charge is 2.28. The fourth-order valence-electron chi connectivity index (χ4n) is 2.26. The summed E-state index contributed by atoms with van der Waals surface area (Å²) >= 11 is 1.81. The predicted molar refractivity (Wildman–Crippen MR) is 59.5 cm³/mol. The van der Waals surface area contributed by atoms with E-state index in [1.807, 2.05) is 11.3 Å². The molecule has 1 aliphatic rings. The van der Waals surface area contributed by atoms with E-state index in [1.165, 1.54) is 11.3 Å². The molecule has 3 heteroatoms. The van der Waals surface area contributed by atoms with Crippen LogP contribution in [0, 0.1) is 0 Å². The van der Waals surface area contributed by atoms with Crippen LogP contribution in [0.4, 0.5) is 0 Å². The normalized spacial score (nSPS) is 25.4. The number of aliphatic hydroxyl groups is 1. The van der Waals surface area contributed by atoms with Gasteiger partial charge >= 0.3 is 0 Å². The molecule has 0 bridgehead atoms. The van der Waals surface area contributed by atoms with Crippen molar-refractivity contribution in [2.75, 3.05) is 13.2 Å². The van der Waals surface area contributed by atoms with Crippen LogP contribution in [-0.2, 0) is 0 Å². The van der Waals surface area contributed by atoms with E-state index >= 15 is 0 Å². The van der Waals surface area contributed by atoms with Gasteiger partial charge < -0.3 is 5.11 Å². The van der Waals surface area contributed by atoms with Crippen molar-refractivity contribution in [2.45, 2.75) is 31.8 Å². The Bertz CT molecular complexity index is 273. The largest absolute Gasteiger partial charge is 0.395 e. The first-order valence-electron chi connectivity index (χ1n) is 5.23. The molecule has 14 heavy (non-hydrogen) atoms. The third-order valence-corrected chi connectivity index (χ3v) is 4.13. The van der Waals surface area contributed by atoms with Gasteiger partial charge in [0.15, 0.2) is 0 Å². The predicted octanol–water partition coefficient (Wildman–Crippen LogP) is 2.27. The minimum absolute atomic E-state index is 0.301. The lowest BCUT2D eigenvalue weighted by Gasteiger charge is -2.28. The minimum Gasteiger partial charge on any atom is -0.395 e. The molecule has 1 aliphatic heterocycles.